The summed E-state index contributed by atoms with van der Waals surface area (Å²) in [6.45, 7) is 10.4. The summed E-state index contributed by atoms with van der Waals surface area (Å²) in [5, 5.41) is 4.69. The molecule has 1 fully saturated rings. The van der Waals surface area contributed by atoms with Crippen molar-refractivity contribution >= 4 is 39.0 Å². The fourth-order valence-corrected chi connectivity index (χ4v) is 5.95. The number of carbonyl (C=O) groups is 1. The molecule has 6 rings (SSSR count). The van der Waals surface area contributed by atoms with Gasteiger partial charge in [0.2, 0.25) is 0 Å². The molecule has 5 heterocycles. The lowest BCUT2D eigenvalue weighted by atomic mass is 10.0. The number of likely N-dealkylation sites (tertiary alicyclic amines) is 1. The first-order chi connectivity index (χ1) is 16.1. The highest BCUT2D eigenvalue weighted by atomic mass is 32.1. The normalized spacial score (nSPS) is 19.9. The zero-order valence-electron chi connectivity index (χ0n) is 19.9. The summed E-state index contributed by atoms with van der Waals surface area (Å²) in [6.07, 6.45) is 6.64. The van der Waals surface area contributed by atoms with E-state index >= 15 is 0 Å². The van der Waals surface area contributed by atoms with Gasteiger partial charge in [-0.3, -0.25) is 4.98 Å². The number of amides is 1. The van der Waals surface area contributed by atoms with Crippen LogP contribution in [0.4, 0.5) is 4.79 Å². The number of rotatable bonds is 2. The fraction of sp³-hybridized carbons (Fsp3) is 0.400. The predicted molar refractivity (Wildman–Crippen MR) is 132 cm³/mol. The number of thiophene rings is 1. The van der Waals surface area contributed by atoms with E-state index in [0.717, 1.165) is 45.1 Å². The van der Waals surface area contributed by atoms with Crippen LogP contribution in [0.15, 0.2) is 30.6 Å². The van der Waals surface area contributed by atoms with Gasteiger partial charge in [0.05, 0.1) is 24.1 Å². The molecular formula is C25H26N6O2S. The molecule has 0 saturated carbocycles. The minimum absolute atomic E-state index is 0.0917. The van der Waals surface area contributed by atoms with E-state index in [1.807, 2.05) is 56.3 Å². The Labute approximate surface area is 201 Å². The first kappa shape index (κ1) is 21.2. The SMILES string of the molecule is Cc1cn2nc(-c3cnc4cc(C5=CC6CC5CN6C(=O)OC(C)(C)C)sc4n3)cc(C)c2n1. The van der Waals surface area contributed by atoms with Crippen molar-refractivity contribution < 1.29 is 9.53 Å². The van der Waals surface area contributed by atoms with Gasteiger partial charge in [0, 0.05) is 17.3 Å². The zero-order valence-corrected chi connectivity index (χ0v) is 20.7. The number of carbonyl (C=O) groups excluding carboxylic acids is 1. The molecule has 2 atom stereocenters. The molecule has 0 radical (unpaired) electrons. The molecule has 174 valence electrons. The van der Waals surface area contributed by atoms with Gasteiger partial charge in [-0.1, -0.05) is 6.08 Å². The van der Waals surface area contributed by atoms with Crippen LogP contribution < -0.4 is 0 Å². The van der Waals surface area contributed by atoms with E-state index in [0.29, 0.717) is 12.5 Å². The van der Waals surface area contributed by atoms with Gasteiger partial charge in [-0.25, -0.2) is 19.3 Å². The number of aromatic nitrogens is 5. The molecule has 2 aliphatic rings. The summed E-state index contributed by atoms with van der Waals surface area (Å²) in [5.41, 5.74) is 6.05. The molecule has 4 aromatic heterocycles. The van der Waals surface area contributed by atoms with Crippen molar-refractivity contribution in [2.45, 2.75) is 52.7 Å². The van der Waals surface area contributed by atoms with Gasteiger partial charge in [-0.05, 0) is 64.3 Å². The minimum Gasteiger partial charge on any atom is -0.444 e. The molecule has 1 aliphatic heterocycles. The maximum Gasteiger partial charge on any atom is 0.410 e. The Balaban J connectivity index is 1.29. The van der Waals surface area contributed by atoms with Crippen molar-refractivity contribution in [2.24, 2.45) is 5.92 Å². The van der Waals surface area contributed by atoms with Crippen molar-refractivity contribution in [3.63, 3.8) is 0 Å². The van der Waals surface area contributed by atoms with Crippen LogP contribution in [0, 0.1) is 19.8 Å². The third-order valence-electron chi connectivity index (χ3n) is 6.30. The standard InChI is InChI=1S/C25H26N6O2S/c1-13-6-18(29-31-11-14(2)27-22(13)31)20-10-26-19-9-21(34-23(19)28-20)17-8-16-7-15(17)12-30(16)24(32)33-25(3,4)5/h6,8-11,15-16H,7,12H2,1-5H3. The molecule has 0 aromatic carbocycles. The topological polar surface area (TPSA) is 85.5 Å². The first-order valence-corrected chi connectivity index (χ1v) is 12.3. The molecule has 8 nitrogen and oxygen atoms in total. The highest BCUT2D eigenvalue weighted by Crippen LogP contribution is 2.45. The third-order valence-corrected chi connectivity index (χ3v) is 7.37. The molecule has 9 heteroatoms. The van der Waals surface area contributed by atoms with Crippen molar-refractivity contribution in [1.82, 2.24) is 29.5 Å². The number of hydrogen-bond acceptors (Lipinski definition) is 7. The van der Waals surface area contributed by atoms with E-state index in [9.17, 15) is 4.79 Å². The molecule has 4 aromatic rings. The summed E-state index contributed by atoms with van der Waals surface area (Å²) < 4.78 is 7.39. The Morgan fingerprint density at radius 2 is 2.00 bits per heavy atom. The van der Waals surface area contributed by atoms with E-state index < -0.39 is 5.60 Å². The Bertz CT molecular complexity index is 1490. The molecule has 2 unspecified atom stereocenters. The number of aryl methyl sites for hydroxylation is 2. The van der Waals surface area contributed by atoms with Crippen LogP contribution >= 0.6 is 11.3 Å². The van der Waals surface area contributed by atoms with Crippen LogP contribution in [0.3, 0.4) is 0 Å². The van der Waals surface area contributed by atoms with Crippen LogP contribution in [0.5, 0.6) is 0 Å². The third kappa shape index (κ3) is 3.55. The highest BCUT2D eigenvalue weighted by molar-refractivity contribution is 7.19. The summed E-state index contributed by atoms with van der Waals surface area (Å²) >= 11 is 1.65. The van der Waals surface area contributed by atoms with E-state index in [4.69, 9.17) is 14.8 Å². The van der Waals surface area contributed by atoms with Crippen LogP contribution in [0.2, 0.25) is 0 Å². The number of ether oxygens (including phenoxy) is 1. The van der Waals surface area contributed by atoms with E-state index in [1.54, 1.807) is 17.5 Å². The summed E-state index contributed by atoms with van der Waals surface area (Å²) in [5.74, 6) is 0.321. The van der Waals surface area contributed by atoms with Gasteiger partial charge < -0.3 is 9.64 Å². The van der Waals surface area contributed by atoms with Gasteiger partial charge in [0.1, 0.15) is 27.3 Å². The zero-order chi connectivity index (χ0) is 23.8. The Hall–Kier alpha value is -3.33. The van der Waals surface area contributed by atoms with Crippen LogP contribution in [0.1, 0.15) is 43.3 Å². The monoisotopic (exact) mass is 474 g/mol. The molecule has 0 spiro atoms. The quantitative estimate of drug-likeness (QED) is 0.405. The number of nitrogens with zero attached hydrogens (tertiary/aromatic N) is 6. The lowest BCUT2D eigenvalue weighted by Gasteiger charge is -2.29. The molecule has 1 aliphatic carbocycles. The lowest BCUT2D eigenvalue weighted by Crippen LogP contribution is -2.40. The summed E-state index contributed by atoms with van der Waals surface area (Å²) in [6, 6.07) is 4.21. The van der Waals surface area contributed by atoms with Gasteiger partial charge in [0.25, 0.3) is 0 Å². The van der Waals surface area contributed by atoms with E-state index in [2.05, 4.69) is 22.1 Å². The molecule has 1 saturated heterocycles. The predicted octanol–water partition coefficient (Wildman–Crippen LogP) is 5.04. The summed E-state index contributed by atoms with van der Waals surface area (Å²) in [7, 11) is 0. The van der Waals surface area contributed by atoms with Gasteiger partial charge in [0.15, 0.2) is 5.65 Å². The van der Waals surface area contributed by atoms with E-state index in [1.165, 1.54) is 10.5 Å². The maximum absolute atomic E-state index is 12.6. The van der Waals surface area contributed by atoms with Crippen molar-refractivity contribution in [1.29, 1.82) is 0 Å². The van der Waals surface area contributed by atoms with Crippen molar-refractivity contribution in [2.75, 3.05) is 6.54 Å². The minimum atomic E-state index is -0.486. The molecule has 0 N–H and O–H groups in total. The maximum atomic E-state index is 12.6. The average molecular weight is 475 g/mol. The summed E-state index contributed by atoms with van der Waals surface area (Å²) in [4.78, 5) is 30.6. The molecular weight excluding hydrogens is 448 g/mol. The van der Waals surface area contributed by atoms with Crippen molar-refractivity contribution in [3.05, 3.63) is 46.7 Å². The van der Waals surface area contributed by atoms with Crippen LogP contribution in [-0.4, -0.2) is 53.7 Å². The van der Waals surface area contributed by atoms with Crippen LogP contribution in [0.25, 0.3) is 33.0 Å². The second kappa shape index (κ2) is 7.33. The van der Waals surface area contributed by atoms with Crippen molar-refractivity contribution in [3.8, 4) is 11.4 Å². The van der Waals surface area contributed by atoms with Gasteiger partial charge in [-0.2, -0.15) is 5.10 Å². The first-order valence-electron chi connectivity index (χ1n) is 11.5. The second-order valence-electron chi connectivity index (χ2n) is 10.2. The molecule has 34 heavy (non-hydrogen) atoms. The largest absolute Gasteiger partial charge is 0.444 e. The Morgan fingerprint density at radius 1 is 1.18 bits per heavy atom. The highest BCUT2D eigenvalue weighted by Gasteiger charge is 2.43. The van der Waals surface area contributed by atoms with Gasteiger partial charge in [-0.15, -0.1) is 11.3 Å². The smallest absolute Gasteiger partial charge is 0.410 e. The fourth-order valence-electron chi connectivity index (χ4n) is 4.86. The van der Waals surface area contributed by atoms with Crippen LogP contribution in [-0.2, 0) is 4.74 Å². The number of imidazole rings is 1. The molecule has 2 bridgehead atoms. The van der Waals surface area contributed by atoms with E-state index in [-0.39, 0.29) is 12.1 Å². The second-order valence-corrected chi connectivity index (χ2v) is 11.2. The molecule has 1 amide bonds. The average Bonchev–Trinajstić information content (AvgIpc) is 3.52. The Kier molecular flexibility index (Phi) is 4.58. The number of fused-ring (bicyclic) bond motifs is 4. The number of hydrogen-bond donors (Lipinski definition) is 0. The Morgan fingerprint density at radius 3 is 2.74 bits per heavy atom. The van der Waals surface area contributed by atoms with Gasteiger partial charge >= 0.3 is 6.09 Å². The lowest BCUT2D eigenvalue weighted by molar-refractivity contribution is 0.0248.